The molecule has 6 atom stereocenters. The van der Waals surface area contributed by atoms with Crippen molar-refractivity contribution in [1.29, 1.82) is 0 Å². The van der Waals surface area contributed by atoms with Gasteiger partial charge in [-0.1, -0.05) is 70.0 Å². The number of nitrogens with zero attached hydrogens (tertiary/aromatic N) is 3. The first kappa shape index (κ1) is 31.8. The first-order chi connectivity index (χ1) is 20.8. The lowest BCUT2D eigenvalue weighted by atomic mass is 9.70. The fraction of sp³-hybridized carbons (Fsp3) is 0.424. The molecule has 0 aliphatic carbocycles. The highest BCUT2D eigenvalue weighted by molar-refractivity contribution is 9.09. The van der Waals surface area contributed by atoms with Crippen molar-refractivity contribution in [3.63, 3.8) is 0 Å². The summed E-state index contributed by atoms with van der Waals surface area (Å²) in [6, 6.07) is 16.1. The predicted octanol–water partition coefficient (Wildman–Crippen LogP) is 5.31. The number of carbonyl (C=O) groups is 3. The Bertz CT molecular complexity index is 1360. The van der Waals surface area contributed by atoms with E-state index in [1.807, 2.05) is 30.3 Å². The van der Waals surface area contributed by atoms with Gasteiger partial charge in [0.1, 0.15) is 6.04 Å². The number of aliphatic hydroxyl groups is 1. The number of likely N-dealkylation sites (tertiary alicyclic amines) is 1. The van der Waals surface area contributed by atoms with Crippen LogP contribution in [-0.2, 0) is 20.9 Å². The van der Waals surface area contributed by atoms with Gasteiger partial charge in [-0.25, -0.2) is 0 Å². The van der Waals surface area contributed by atoms with Gasteiger partial charge in [-0.3, -0.25) is 14.4 Å². The molecule has 10 heteroatoms. The van der Waals surface area contributed by atoms with E-state index in [9.17, 15) is 19.5 Å². The quantitative estimate of drug-likeness (QED) is 0.176. The van der Waals surface area contributed by atoms with Crippen molar-refractivity contribution in [2.24, 2.45) is 11.8 Å². The summed E-state index contributed by atoms with van der Waals surface area (Å²) in [4.78, 5) is 48.6. The minimum atomic E-state index is -0.773. The Morgan fingerprint density at radius 3 is 2.42 bits per heavy atom. The van der Waals surface area contributed by atoms with Crippen molar-refractivity contribution < 1.29 is 19.5 Å². The molecule has 0 saturated carbocycles. The molecule has 2 aromatic rings. The van der Waals surface area contributed by atoms with E-state index in [4.69, 9.17) is 11.6 Å². The second kappa shape index (κ2) is 13.6. The van der Waals surface area contributed by atoms with E-state index in [0.29, 0.717) is 49.6 Å². The number of unbranched alkanes of at least 4 members (excludes halogenated alkanes) is 1. The number of hydrogen-bond donors (Lipinski definition) is 1. The van der Waals surface area contributed by atoms with E-state index >= 15 is 0 Å². The van der Waals surface area contributed by atoms with Crippen LogP contribution in [-0.4, -0.2) is 79.7 Å². The van der Waals surface area contributed by atoms with Crippen molar-refractivity contribution in [3.8, 4) is 0 Å². The van der Waals surface area contributed by atoms with Crippen LogP contribution in [0.3, 0.4) is 0 Å². The number of fused-ring (bicyclic) bond motifs is 1. The van der Waals surface area contributed by atoms with Crippen LogP contribution in [0.1, 0.15) is 24.8 Å². The Kier molecular flexibility index (Phi) is 10.1. The van der Waals surface area contributed by atoms with E-state index in [1.165, 1.54) is 0 Å². The lowest BCUT2D eigenvalue weighted by Gasteiger charge is -2.38. The van der Waals surface area contributed by atoms with Crippen molar-refractivity contribution in [2.75, 3.05) is 31.1 Å². The van der Waals surface area contributed by atoms with Gasteiger partial charge in [-0.15, -0.1) is 24.9 Å². The summed E-state index contributed by atoms with van der Waals surface area (Å²) >= 11 is 11.6. The Hall–Kier alpha value is -2.59. The maximum atomic E-state index is 14.7. The van der Waals surface area contributed by atoms with Crippen molar-refractivity contribution >= 4 is 62.7 Å². The molecular formula is C33H37BrClN3O4S. The molecule has 2 aromatic carbocycles. The summed E-state index contributed by atoms with van der Waals surface area (Å²) in [5.41, 5.74) is 1.66. The molecule has 3 aliphatic rings. The molecule has 3 fully saturated rings. The summed E-state index contributed by atoms with van der Waals surface area (Å²) in [7, 11) is 0. The highest BCUT2D eigenvalue weighted by atomic mass is 79.9. The third-order valence-corrected chi connectivity index (χ3v) is 12.2. The molecule has 5 rings (SSSR count). The normalized spacial score (nSPS) is 27.2. The van der Waals surface area contributed by atoms with Crippen LogP contribution in [0.25, 0.3) is 0 Å². The van der Waals surface area contributed by atoms with Crippen molar-refractivity contribution in [3.05, 3.63) is 90.5 Å². The average molecular weight is 687 g/mol. The summed E-state index contributed by atoms with van der Waals surface area (Å²) in [6.07, 6.45) is 5.05. The Labute approximate surface area is 271 Å². The van der Waals surface area contributed by atoms with Gasteiger partial charge in [0.25, 0.3) is 5.91 Å². The van der Waals surface area contributed by atoms with E-state index in [2.05, 4.69) is 29.1 Å². The molecule has 0 aromatic heterocycles. The summed E-state index contributed by atoms with van der Waals surface area (Å²) in [5.74, 6) is -1.66. The summed E-state index contributed by atoms with van der Waals surface area (Å²) in [6.45, 7) is 9.12. The Balaban J connectivity index is 1.54. The molecule has 228 valence electrons. The first-order valence-electron chi connectivity index (χ1n) is 14.6. The lowest BCUT2D eigenvalue weighted by molar-refractivity contribution is -0.144. The van der Waals surface area contributed by atoms with Gasteiger partial charge in [0.05, 0.1) is 16.6 Å². The number of rotatable bonds is 13. The number of amides is 3. The van der Waals surface area contributed by atoms with Crippen LogP contribution in [0.15, 0.2) is 79.9 Å². The number of aliphatic hydroxyl groups excluding tert-OH is 1. The summed E-state index contributed by atoms with van der Waals surface area (Å²) < 4.78 is -0.773. The predicted molar refractivity (Wildman–Crippen MR) is 176 cm³/mol. The molecule has 3 saturated heterocycles. The van der Waals surface area contributed by atoms with Gasteiger partial charge >= 0.3 is 0 Å². The topological polar surface area (TPSA) is 81.2 Å². The molecule has 7 nitrogen and oxygen atoms in total. The number of thioether (sulfide) groups is 1. The molecule has 3 unspecified atom stereocenters. The zero-order valence-electron chi connectivity index (χ0n) is 24.0. The molecule has 0 radical (unpaired) electrons. The van der Waals surface area contributed by atoms with E-state index in [0.717, 1.165) is 5.56 Å². The maximum Gasteiger partial charge on any atom is 0.251 e. The fourth-order valence-electron chi connectivity index (χ4n) is 6.95. The smallest absolute Gasteiger partial charge is 0.251 e. The molecule has 3 aliphatic heterocycles. The molecular weight excluding hydrogens is 650 g/mol. The van der Waals surface area contributed by atoms with Gasteiger partial charge in [-0.2, -0.15) is 0 Å². The number of anilines is 1. The number of alkyl halides is 1. The standard InChI is InChI=1S/C33H37BrClN3O4S/c1-3-16-36(21-22-10-6-5-7-11-22)30(40)26-27-31(41)38(18-8-9-19-39)29(33(27)20-25(34)28(26)43-33)32(42)37(17-4-2)24-14-12-23(35)13-15-24/h3-7,10-15,25-29,39H,1-2,8-9,16-21H2/t25?,26-,27-,28-,29?,33?/m0/s1. The average Bonchev–Trinajstić information content (AvgIpc) is 3.59. The van der Waals surface area contributed by atoms with Gasteiger partial charge in [0, 0.05) is 53.6 Å². The number of halogens is 2. The molecule has 3 amide bonds. The molecule has 43 heavy (non-hydrogen) atoms. The molecule has 2 bridgehead atoms. The minimum absolute atomic E-state index is 0.0000127. The van der Waals surface area contributed by atoms with Crippen LogP contribution < -0.4 is 4.90 Å². The van der Waals surface area contributed by atoms with Crippen molar-refractivity contribution in [2.45, 2.75) is 46.7 Å². The summed E-state index contributed by atoms with van der Waals surface area (Å²) in [5, 5.41) is 9.90. The number of hydrogen-bond acceptors (Lipinski definition) is 5. The van der Waals surface area contributed by atoms with Crippen molar-refractivity contribution in [1.82, 2.24) is 9.80 Å². The lowest BCUT2D eigenvalue weighted by Crippen LogP contribution is -2.56. The second-order valence-electron chi connectivity index (χ2n) is 11.3. The Morgan fingerprint density at radius 2 is 1.77 bits per heavy atom. The molecule has 3 heterocycles. The van der Waals surface area contributed by atoms with E-state index < -0.39 is 22.6 Å². The zero-order chi connectivity index (χ0) is 30.7. The maximum absolute atomic E-state index is 14.7. The SMILES string of the molecule is C=CCN(Cc1ccccc1)C(=O)[C@H]1[C@H]2C(=O)N(CCCCO)C(C(=O)N(CC=C)c3ccc(Cl)cc3)C23CC(Br)[C@@H]1S3. The largest absolute Gasteiger partial charge is 0.396 e. The molecule has 1 N–H and O–H groups in total. The highest BCUT2D eigenvalue weighted by Gasteiger charge is 2.76. The van der Waals surface area contributed by atoms with Crippen LogP contribution in [0.2, 0.25) is 5.02 Å². The number of benzene rings is 2. The van der Waals surface area contributed by atoms with Crippen LogP contribution in [0.4, 0.5) is 5.69 Å². The van der Waals surface area contributed by atoms with E-state index in [1.54, 1.807) is 62.9 Å². The second-order valence-corrected chi connectivity index (χ2v) is 14.5. The fourth-order valence-corrected chi connectivity index (χ4v) is 10.7. The van der Waals surface area contributed by atoms with Gasteiger partial charge in [0.15, 0.2) is 0 Å². The van der Waals surface area contributed by atoms with Gasteiger partial charge < -0.3 is 19.8 Å². The number of carbonyl (C=O) groups excluding carboxylic acids is 3. The zero-order valence-corrected chi connectivity index (χ0v) is 27.1. The highest BCUT2D eigenvalue weighted by Crippen LogP contribution is 2.68. The van der Waals surface area contributed by atoms with E-state index in [-0.39, 0.29) is 41.0 Å². The van der Waals surface area contributed by atoms with Gasteiger partial charge in [0.2, 0.25) is 11.8 Å². The minimum Gasteiger partial charge on any atom is -0.396 e. The molecule has 1 spiro atoms. The third kappa shape index (κ3) is 5.93. The van der Waals surface area contributed by atoms with Crippen LogP contribution >= 0.6 is 39.3 Å². The third-order valence-electron chi connectivity index (χ3n) is 8.71. The van der Waals surface area contributed by atoms with Gasteiger partial charge in [-0.05, 0) is 49.1 Å². The van der Waals surface area contributed by atoms with Crippen LogP contribution in [0, 0.1) is 11.8 Å². The van der Waals surface area contributed by atoms with Crippen LogP contribution in [0.5, 0.6) is 0 Å². The monoisotopic (exact) mass is 685 g/mol. The first-order valence-corrected chi connectivity index (χ1v) is 16.8. The Morgan fingerprint density at radius 1 is 1.07 bits per heavy atom.